The molecule has 9 heteroatoms. The van der Waals surface area contributed by atoms with Gasteiger partial charge in [0.05, 0.1) is 17.3 Å². The molecule has 3 aromatic rings. The summed E-state index contributed by atoms with van der Waals surface area (Å²) in [5.41, 5.74) is 7.06. The Bertz CT molecular complexity index is 927. The van der Waals surface area contributed by atoms with E-state index in [2.05, 4.69) is 15.6 Å². The van der Waals surface area contributed by atoms with E-state index in [-0.39, 0.29) is 28.9 Å². The Balaban J connectivity index is 1.77. The third kappa shape index (κ3) is 3.89. The van der Waals surface area contributed by atoms with Crippen molar-refractivity contribution in [2.45, 2.75) is 6.54 Å². The molecule has 1 aromatic heterocycles. The van der Waals surface area contributed by atoms with Crippen LogP contribution in [0.2, 0.25) is 10.0 Å². The van der Waals surface area contributed by atoms with Crippen LogP contribution in [0.3, 0.4) is 0 Å². The van der Waals surface area contributed by atoms with Crippen molar-refractivity contribution < 1.29 is 9.18 Å². The van der Waals surface area contributed by atoms with E-state index in [1.807, 2.05) is 0 Å². The highest BCUT2D eigenvalue weighted by atomic mass is 35.5. The van der Waals surface area contributed by atoms with Crippen LogP contribution >= 0.6 is 23.2 Å². The summed E-state index contributed by atoms with van der Waals surface area (Å²) in [7, 11) is 0. The van der Waals surface area contributed by atoms with E-state index in [1.165, 1.54) is 22.9 Å². The molecule has 0 aliphatic carbocycles. The molecule has 6 nitrogen and oxygen atoms in total. The lowest BCUT2D eigenvalue weighted by molar-refractivity contribution is 0.102. The third-order valence-electron chi connectivity index (χ3n) is 3.41. The number of nitrogens with one attached hydrogen (secondary N) is 1. The molecule has 0 saturated heterocycles. The minimum absolute atomic E-state index is 0.0341. The molecule has 0 aliphatic heterocycles. The first-order valence-corrected chi connectivity index (χ1v) is 7.89. The van der Waals surface area contributed by atoms with Crippen LogP contribution in [0.5, 0.6) is 0 Å². The van der Waals surface area contributed by atoms with Crippen LogP contribution in [0.4, 0.5) is 15.9 Å². The van der Waals surface area contributed by atoms with E-state index in [4.69, 9.17) is 28.9 Å². The smallest absolute Gasteiger partial charge is 0.280 e. The summed E-state index contributed by atoms with van der Waals surface area (Å²) < 4.78 is 14.3. The number of anilines is 2. The number of rotatable bonds is 4. The zero-order valence-corrected chi connectivity index (χ0v) is 14.2. The van der Waals surface area contributed by atoms with Gasteiger partial charge < -0.3 is 11.1 Å². The lowest BCUT2D eigenvalue weighted by Crippen LogP contribution is -2.15. The fraction of sp³-hybridized carbons (Fsp3) is 0.0625. The van der Waals surface area contributed by atoms with E-state index in [1.54, 1.807) is 24.3 Å². The topological polar surface area (TPSA) is 85.8 Å². The highest BCUT2D eigenvalue weighted by Gasteiger charge is 2.18. The van der Waals surface area contributed by atoms with E-state index in [0.29, 0.717) is 10.7 Å². The van der Waals surface area contributed by atoms with Crippen LogP contribution < -0.4 is 11.1 Å². The van der Waals surface area contributed by atoms with Crippen molar-refractivity contribution in [1.29, 1.82) is 0 Å². The van der Waals surface area contributed by atoms with Crippen molar-refractivity contribution in [2.75, 3.05) is 11.1 Å². The highest BCUT2D eigenvalue weighted by Crippen LogP contribution is 2.26. The SMILES string of the molecule is Nc1c(C(=O)Nc2ccc(Cl)cc2Cl)nnn1Cc1ccc(F)cc1. The molecule has 0 bridgehead atoms. The van der Waals surface area contributed by atoms with Crippen LogP contribution in [0.15, 0.2) is 42.5 Å². The maximum Gasteiger partial charge on any atom is 0.280 e. The van der Waals surface area contributed by atoms with Crippen molar-refractivity contribution >= 4 is 40.6 Å². The first kappa shape index (κ1) is 17.2. The molecule has 3 rings (SSSR count). The molecule has 25 heavy (non-hydrogen) atoms. The normalized spacial score (nSPS) is 10.7. The molecular weight excluding hydrogens is 368 g/mol. The van der Waals surface area contributed by atoms with E-state index >= 15 is 0 Å². The van der Waals surface area contributed by atoms with Crippen LogP contribution in [0.25, 0.3) is 0 Å². The van der Waals surface area contributed by atoms with Gasteiger partial charge in [-0.25, -0.2) is 9.07 Å². The van der Waals surface area contributed by atoms with Gasteiger partial charge >= 0.3 is 0 Å². The van der Waals surface area contributed by atoms with Crippen LogP contribution in [-0.4, -0.2) is 20.9 Å². The van der Waals surface area contributed by atoms with Gasteiger partial charge in [-0.05, 0) is 35.9 Å². The van der Waals surface area contributed by atoms with Crippen LogP contribution in [0, 0.1) is 5.82 Å². The van der Waals surface area contributed by atoms with E-state index in [0.717, 1.165) is 5.56 Å². The molecule has 2 aromatic carbocycles. The van der Waals surface area contributed by atoms with Gasteiger partial charge in [0.1, 0.15) is 5.82 Å². The number of nitrogens with two attached hydrogens (primary N) is 1. The van der Waals surface area contributed by atoms with E-state index in [9.17, 15) is 9.18 Å². The summed E-state index contributed by atoms with van der Waals surface area (Å²) in [5.74, 6) is -0.797. The minimum atomic E-state index is -0.549. The average Bonchev–Trinajstić information content (AvgIpc) is 2.93. The Kier molecular flexibility index (Phi) is 4.87. The second-order valence-electron chi connectivity index (χ2n) is 5.19. The second kappa shape index (κ2) is 7.08. The Hall–Kier alpha value is -2.64. The number of hydrogen-bond acceptors (Lipinski definition) is 4. The second-order valence-corrected chi connectivity index (χ2v) is 6.03. The summed E-state index contributed by atoms with van der Waals surface area (Å²) in [6.07, 6.45) is 0. The predicted molar refractivity (Wildman–Crippen MR) is 94.4 cm³/mol. The number of hydrogen-bond donors (Lipinski definition) is 2. The largest absolute Gasteiger partial charge is 0.382 e. The Morgan fingerprint density at radius 2 is 1.92 bits per heavy atom. The first-order chi connectivity index (χ1) is 11.9. The standard InChI is InChI=1S/C16H12Cl2FN5O/c17-10-3-6-13(12(18)7-10)21-16(25)14-15(20)24(23-22-14)8-9-1-4-11(19)5-2-9/h1-7H,8,20H2,(H,21,25). The van der Waals surface area contributed by atoms with Gasteiger partial charge in [0.15, 0.2) is 11.5 Å². The van der Waals surface area contributed by atoms with Gasteiger partial charge in [-0.2, -0.15) is 0 Å². The summed E-state index contributed by atoms with van der Waals surface area (Å²) in [5, 5.41) is 11.0. The van der Waals surface area contributed by atoms with Gasteiger partial charge in [-0.1, -0.05) is 40.5 Å². The van der Waals surface area contributed by atoms with Crippen molar-refractivity contribution in [3.63, 3.8) is 0 Å². The number of aromatic nitrogens is 3. The van der Waals surface area contributed by atoms with Crippen molar-refractivity contribution in [1.82, 2.24) is 15.0 Å². The zero-order valence-electron chi connectivity index (χ0n) is 12.7. The highest BCUT2D eigenvalue weighted by molar-refractivity contribution is 6.36. The molecule has 0 fully saturated rings. The maximum atomic E-state index is 12.9. The summed E-state index contributed by atoms with van der Waals surface area (Å²) in [6, 6.07) is 10.5. The van der Waals surface area contributed by atoms with Crippen LogP contribution in [-0.2, 0) is 6.54 Å². The Labute approximate surface area is 152 Å². The van der Waals surface area contributed by atoms with Gasteiger partial charge in [-0.15, -0.1) is 5.10 Å². The number of nitrogens with zero attached hydrogens (tertiary/aromatic N) is 3. The number of nitrogen functional groups attached to an aromatic ring is 1. The summed E-state index contributed by atoms with van der Waals surface area (Å²) >= 11 is 11.8. The molecule has 0 unspecified atom stereocenters. The molecule has 3 N–H and O–H groups in total. The average molecular weight is 380 g/mol. The molecule has 0 aliphatic rings. The van der Waals surface area contributed by atoms with Gasteiger partial charge in [-0.3, -0.25) is 4.79 Å². The first-order valence-electron chi connectivity index (χ1n) is 7.14. The lowest BCUT2D eigenvalue weighted by atomic mass is 10.2. The Morgan fingerprint density at radius 3 is 2.60 bits per heavy atom. The zero-order chi connectivity index (χ0) is 18.0. The van der Waals surface area contributed by atoms with Crippen molar-refractivity contribution in [3.8, 4) is 0 Å². The molecule has 0 spiro atoms. The molecule has 0 atom stereocenters. The lowest BCUT2D eigenvalue weighted by Gasteiger charge is -2.07. The molecular formula is C16H12Cl2FN5O. The molecule has 1 heterocycles. The molecule has 1 amide bonds. The Morgan fingerprint density at radius 1 is 1.20 bits per heavy atom. The summed E-state index contributed by atoms with van der Waals surface area (Å²) in [6.45, 7) is 0.258. The number of amides is 1. The van der Waals surface area contributed by atoms with Gasteiger partial charge in [0, 0.05) is 5.02 Å². The number of benzene rings is 2. The fourth-order valence-electron chi connectivity index (χ4n) is 2.13. The molecule has 128 valence electrons. The fourth-order valence-corrected chi connectivity index (χ4v) is 2.59. The third-order valence-corrected chi connectivity index (χ3v) is 3.96. The van der Waals surface area contributed by atoms with Crippen LogP contribution in [0.1, 0.15) is 16.1 Å². The molecule has 0 radical (unpaired) electrons. The van der Waals surface area contributed by atoms with Crippen molar-refractivity contribution in [3.05, 3.63) is 69.6 Å². The number of carbonyl (C=O) groups is 1. The quantitative estimate of drug-likeness (QED) is 0.724. The number of halogens is 3. The van der Waals surface area contributed by atoms with Crippen molar-refractivity contribution in [2.24, 2.45) is 0 Å². The maximum absolute atomic E-state index is 12.9. The monoisotopic (exact) mass is 379 g/mol. The molecule has 0 saturated carbocycles. The van der Waals surface area contributed by atoms with Gasteiger partial charge in [0.25, 0.3) is 5.91 Å². The van der Waals surface area contributed by atoms with Gasteiger partial charge in [0.2, 0.25) is 0 Å². The van der Waals surface area contributed by atoms with E-state index < -0.39 is 5.91 Å². The minimum Gasteiger partial charge on any atom is -0.382 e. The summed E-state index contributed by atoms with van der Waals surface area (Å²) in [4.78, 5) is 12.3. The number of carbonyl (C=O) groups excluding carboxylic acids is 1. The predicted octanol–water partition coefficient (Wildman–Crippen LogP) is 3.61.